The van der Waals surface area contributed by atoms with Crippen molar-refractivity contribution in [1.82, 2.24) is 4.31 Å². The van der Waals surface area contributed by atoms with Gasteiger partial charge in [-0.05, 0) is 43.2 Å². The first-order chi connectivity index (χ1) is 15.3. The lowest BCUT2D eigenvalue weighted by Gasteiger charge is -2.21. The van der Waals surface area contributed by atoms with E-state index in [-0.39, 0.29) is 23.7 Å². The van der Waals surface area contributed by atoms with E-state index in [9.17, 15) is 18.3 Å². The molecule has 0 amide bonds. The normalized spacial score (nSPS) is 12.2. The summed E-state index contributed by atoms with van der Waals surface area (Å²) in [4.78, 5) is 11.4. The monoisotopic (exact) mass is 449 g/mol. The number of carboxylic acid groups (broad SMARTS) is 1. The Labute approximate surface area is 187 Å². The molecule has 6 nitrogen and oxygen atoms in total. The number of fused-ring (bicyclic) bond motifs is 1. The molecule has 1 aromatic heterocycles. The van der Waals surface area contributed by atoms with Gasteiger partial charge in [-0.25, -0.2) is 13.2 Å². The minimum atomic E-state index is -3.85. The van der Waals surface area contributed by atoms with E-state index >= 15 is 0 Å². The van der Waals surface area contributed by atoms with E-state index < -0.39 is 16.0 Å². The van der Waals surface area contributed by atoms with Gasteiger partial charge in [-0.2, -0.15) is 4.31 Å². The van der Waals surface area contributed by atoms with Crippen LogP contribution in [0, 0.1) is 19.3 Å². The fraction of sp³-hybridized carbons (Fsp3) is 0.160. The maximum Gasteiger partial charge on any atom is 0.372 e. The third-order valence-corrected chi connectivity index (χ3v) is 6.84. The maximum atomic E-state index is 13.5. The molecule has 1 N–H and O–H groups in total. The standard InChI is InChI=1S/C25H23NO5S/c1-3-4-5-6-10-16-26(17-15-20-11-8-7-9-12-20)32(29,30)21-13-14-23-22(18-21)19(2)24(31-23)25(27)28/h1,4-14,18H,15-17H2,2H3,(H,27,28)/b5-4-,10-6-. The Morgan fingerprint density at radius 2 is 1.94 bits per heavy atom. The zero-order valence-corrected chi connectivity index (χ0v) is 18.4. The Hall–Kier alpha value is -3.60. The molecule has 0 fully saturated rings. The van der Waals surface area contributed by atoms with Crippen molar-refractivity contribution in [3.05, 3.63) is 89.7 Å². The number of nitrogens with zero attached hydrogens (tertiary/aromatic N) is 1. The third-order valence-electron chi connectivity index (χ3n) is 4.98. The van der Waals surface area contributed by atoms with Crippen molar-refractivity contribution in [2.75, 3.05) is 13.1 Å². The fourth-order valence-corrected chi connectivity index (χ4v) is 4.71. The van der Waals surface area contributed by atoms with Crippen molar-refractivity contribution in [3.63, 3.8) is 0 Å². The van der Waals surface area contributed by atoms with Crippen LogP contribution in [0.2, 0.25) is 0 Å². The van der Waals surface area contributed by atoms with E-state index in [4.69, 9.17) is 10.8 Å². The minimum Gasteiger partial charge on any atom is -0.475 e. The Balaban J connectivity index is 1.94. The largest absolute Gasteiger partial charge is 0.475 e. The van der Waals surface area contributed by atoms with Crippen molar-refractivity contribution in [2.45, 2.75) is 18.2 Å². The maximum absolute atomic E-state index is 13.5. The number of sulfonamides is 1. The molecular weight excluding hydrogens is 426 g/mol. The Morgan fingerprint density at radius 3 is 2.62 bits per heavy atom. The number of carboxylic acids is 1. The van der Waals surface area contributed by atoms with E-state index in [0.29, 0.717) is 23.0 Å². The van der Waals surface area contributed by atoms with Gasteiger partial charge in [-0.1, -0.05) is 54.5 Å². The van der Waals surface area contributed by atoms with E-state index in [2.05, 4.69) is 5.92 Å². The molecule has 1 heterocycles. The van der Waals surface area contributed by atoms with Gasteiger partial charge in [0.25, 0.3) is 0 Å². The highest BCUT2D eigenvalue weighted by Gasteiger charge is 2.25. The molecule has 0 aliphatic rings. The molecule has 0 saturated carbocycles. The van der Waals surface area contributed by atoms with Crippen molar-refractivity contribution in [3.8, 4) is 12.3 Å². The van der Waals surface area contributed by atoms with Crippen LogP contribution in [0.15, 0.2) is 82.1 Å². The summed E-state index contributed by atoms with van der Waals surface area (Å²) in [7, 11) is -3.85. The van der Waals surface area contributed by atoms with Crippen LogP contribution in [-0.2, 0) is 16.4 Å². The average Bonchev–Trinajstić information content (AvgIpc) is 3.12. The molecule has 164 valence electrons. The van der Waals surface area contributed by atoms with E-state index in [0.717, 1.165) is 5.56 Å². The molecule has 0 bridgehead atoms. The Morgan fingerprint density at radius 1 is 1.19 bits per heavy atom. The first kappa shape index (κ1) is 23.1. The lowest BCUT2D eigenvalue weighted by Crippen LogP contribution is -2.33. The molecule has 3 rings (SSSR count). The molecule has 0 spiro atoms. The van der Waals surface area contributed by atoms with Crippen molar-refractivity contribution < 1.29 is 22.7 Å². The first-order valence-corrected chi connectivity index (χ1v) is 11.4. The molecule has 0 aliphatic carbocycles. The van der Waals surface area contributed by atoms with Gasteiger partial charge in [-0.3, -0.25) is 0 Å². The number of aryl methyl sites for hydroxylation is 1. The summed E-state index contributed by atoms with van der Waals surface area (Å²) in [6.07, 6.45) is 12.3. The van der Waals surface area contributed by atoms with Gasteiger partial charge in [0.2, 0.25) is 15.8 Å². The van der Waals surface area contributed by atoms with Crippen LogP contribution in [0.4, 0.5) is 0 Å². The second-order valence-electron chi connectivity index (χ2n) is 7.07. The quantitative estimate of drug-likeness (QED) is 0.386. The zero-order valence-electron chi connectivity index (χ0n) is 17.6. The fourth-order valence-electron chi connectivity index (χ4n) is 3.29. The van der Waals surface area contributed by atoms with Crippen LogP contribution in [0.25, 0.3) is 11.0 Å². The SMILES string of the molecule is C#C/C=C\C=C/CN(CCc1ccccc1)S(=O)(=O)c1ccc2oc(C(=O)O)c(C)c2c1. The third kappa shape index (κ3) is 5.17. The zero-order chi connectivity index (χ0) is 23.1. The summed E-state index contributed by atoms with van der Waals surface area (Å²) < 4.78 is 33.7. The van der Waals surface area contributed by atoms with Gasteiger partial charge in [0.05, 0.1) is 4.90 Å². The molecule has 0 unspecified atom stereocenters. The highest BCUT2D eigenvalue weighted by Crippen LogP contribution is 2.29. The average molecular weight is 450 g/mol. The topological polar surface area (TPSA) is 87.8 Å². The predicted molar refractivity (Wildman–Crippen MR) is 124 cm³/mol. The molecule has 7 heteroatoms. The molecule has 0 saturated heterocycles. The lowest BCUT2D eigenvalue weighted by atomic mass is 10.1. The van der Waals surface area contributed by atoms with Gasteiger partial charge in [-0.15, -0.1) is 6.42 Å². The van der Waals surface area contributed by atoms with Gasteiger partial charge in [0, 0.05) is 24.0 Å². The summed E-state index contributed by atoms with van der Waals surface area (Å²) in [5, 5.41) is 9.73. The van der Waals surface area contributed by atoms with E-state index in [1.165, 1.54) is 28.6 Å². The summed E-state index contributed by atoms with van der Waals surface area (Å²) in [5.41, 5.74) is 1.74. The van der Waals surface area contributed by atoms with Crippen LogP contribution >= 0.6 is 0 Å². The number of hydrogen-bond acceptors (Lipinski definition) is 4. The molecule has 32 heavy (non-hydrogen) atoms. The Kier molecular flexibility index (Phi) is 7.31. The van der Waals surface area contributed by atoms with Crippen LogP contribution in [-0.4, -0.2) is 36.9 Å². The molecular formula is C25H23NO5S. The highest BCUT2D eigenvalue weighted by atomic mass is 32.2. The van der Waals surface area contributed by atoms with E-state index in [1.54, 1.807) is 25.2 Å². The molecule has 2 aromatic carbocycles. The summed E-state index contributed by atoms with van der Waals surface area (Å²) >= 11 is 0. The Bertz CT molecular complexity index is 1310. The first-order valence-electron chi connectivity index (χ1n) is 9.93. The molecule has 0 radical (unpaired) electrons. The highest BCUT2D eigenvalue weighted by molar-refractivity contribution is 7.89. The van der Waals surface area contributed by atoms with Gasteiger partial charge >= 0.3 is 5.97 Å². The second-order valence-corrected chi connectivity index (χ2v) is 9.01. The van der Waals surface area contributed by atoms with Crippen LogP contribution in [0.5, 0.6) is 0 Å². The molecule has 0 aliphatic heterocycles. The number of benzene rings is 2. The van der Waals surface area contributed by atoms with Crippen LogP contribution in [0.1, 0.15) is 21.7 Å². The van der Waals surface area contributed by atoms with Crippen molar-refractivity contribution >= 4 is 27.0 Å². The predicted octanol–water partition coefficient (Wildman–Crippen LogP) is 4.42. The summed E-state index contributed by atoms with van der Waals surface area (Å²) in [6.45, 7) is 2.03. The molecule has 0 atom stereocenters. The van der Waals surface area contributed by atoms with Gasteiger partial charge in [0.15, 0.2) is 0 Å². The number of allylic oxidation sites excluding steroid dienone is 3. The summed E-state index contributed by atoms with van der Waals surface area (Å²) in [5.74, 6) is 0.984. The van der Waals surface area contributed by atoms with Crippen molar-refractivity contribution in [2.24, 2.45) is 0 Å². The van der Waals surface area contributed by atoms with Crippen molar-refractivity contribution in [1.29, 1.82) is 0 Å². The van der Waals surface area contributed by atoms with E-state index in [1.807, 2.05) is 30.3 Å². The van der Waals surface area contributed by atoms with Crippen LogP contribution in [0.3, 0.4) is 0 Å². The second kappa shape index (κ2) is 10.1. The number of furan rings is 1. The molecule has 3 aromatic rings. The number of rotatable bonds is 9. The minimum absolute atomic E-state index is 0.0754. The van der Waals surface area contributed by atoms with Crippen LogP contribution < -0.4 is 0 Å². The number of aromatic carboxylic acids is 1. The number of carbonyl (C=O) groups is 1. The number of terminal acetylenes is 1. The smallest absolute Gasteiger partial charge is 0.372 e. The summed E-state index contributed by atoms with van der Waals surface area (Å²) in [6, 6.07) is 14.0. The number of hydrogen-bond donors (Lipinski definition) is 1. The van der Waals surface area contributed by atoms with Gasteiger partial charge < -0.3 is 9.52 Å². The lowest BCUT2D eigenvalue weighted by molar-refractivity contribution is 0.0664. The van der Waals surface area contributed by atoms with Gasteiger partial charge in [0.1, 0.15) is 5.58 Å².